The minimum Gasteiger partial charge on any atom is -0.463 e. The summed E-state index contributed by atoms with van der Waals surface area (Å²) in [6.45, 7) is 1.20. The molecule has 1 aliphatic carbocycles. The summed E-state index contributed by atoms with van der Waals surface area (Å²) in [5.74, 6) is 2.06. The summed E-state index contributed by atoms with van der Waals surface area (Å²) >= 11 is 0. The smallest absolute Gasteiger partial charge is 0.338 e. The van der Waals surface area contributed by atoms with Crippen LogP contribution < -0.4 is 5.73 Å². The summed E-state index contributed by atoms with van der Waals surface area (Å²) in [5.41, 5.74) is 6.12. The lowest BCUT2D eigenvalue weighted by molar-refractivity contribution is -0.0433. The zero-order valence-electron chi connectivity index (χ0n) is 12.7. The van der Waals surface area contributed by atoms with Crippen LogP contribution in [0.2, 0.25) is 0 Å². The summed E-state index contributed by atoms with van der Waals surface area (Å²) < 4.78 is 11.4. The Hall–Kier alpha value is -2.31. The fraction of sp³-hybridized carbons (Fsp3) is 0.353. The molecule has 1 aromatic heterocycles. The fourth-order valence-electron chi connectivity index (χ4n) is 2.63. The third-order valence-electron chi connectivity index (χ3n) is 3.99. The van der Waals surface area contributed by atoms with Gasteiger partial charge in [0.25, 0.3) is 0 Å². The van der Waals surface area contributed by atoms with Crippen molar-refractivity contribution < 1.29 is 19.2 Å². The molecule has 3 rings (SSSR count). The Morgan fingerprint density at radius 3 is 2.78 bits per heavy atom. The van der Waals surface area contributed by atoms with Crippen LogP contribution >= 0.6 is 0 Å². The van der Waals surface area contributed by atoms with Crippen LogP contribution in [0.4, 0.5) is 4.79 Å². The monoisotopic (exact) mass is 316 g/mol. The molecule has 1 aliphatic rings. The second-order valence-corrected chi connectivity index (χ2v) is 5.81. The molecule has 122 valence electrons. The van der Waals surface area contributed by atoms with E-state index in [0.717, 1.165) is 23.5 Å². The first-order chi connectivity index (χ1) is 11.1. The van der Waals surface area contributed by atoms with E-state index in [1.807, 2.05) is 42.5 Å². The van der Waals surface area contributed by atoms with Gasteiger partial charge in [-0.2, -0.15) is 0 Å². The highest BCUT2D eigenvalue weighted by Gasteiger charge is 2.42. The third-order valence-corrected chi connectivity index (χ3v) is 3.99. The fourth-order valence-corrected chi connectivity index (χ4v) is 2.63. The second kappa shape index (κ2) is 6.85. The second-order valence-electron chi connectivity index (χ2n) is 5.81. The number of furan rings is 1. The molecule has 1 fully saturated rings. The van der Waals surface area contributed by atoms with E-state index in [2.05, 4.69) is 0 Å². The minimum absolute atomic E-state index is 0.191. The number of hydrogen-bond acceptors (Lipinski definition) is 4. The van der Waals surface area contributed by atoms with Crippen LogP contribution in [-0.2, 0) is 18.0 Å². The molecular weight excluding hydrogens is 296 g/mol. The predicted molar refractivity (Wildman–Crippen MR) is 82.6 cm³/mol. The summed E-state index contributed by atoms with van der Waals surface area (Å²) in [7, 11) is 0. The molecule has 0 bridgehead atoms. The molecule has 3 N–H and O–H groups in total. The van der Waals surface area contributed by atoms with Crippen molar-refractivity contribution in [2.75, 3.05) is 6.54 Å². The molecule has 6 heteroatoms. The van der Waals surface area contributed by atoms with Gasteiger partial charge in [0.1, 0.15) is 18.1 Å². The van der Waals surface area contributed by atoms with E-state index >= 15 is 0 Å². The standard InChI is InChI=1S/C17H20N2O4/c18-17(20)19(21)9-13-8-15(13)16-7-6-14(23-16)11-22-10-12-4-2-1-3-5-12/h1-7,13,15,21H,8-11H2,(H2,18,20)/t13-,15+/m0/s1. The molecule has 0 saturated heterocycles. The zero-order valence-corrected chi connectivity index (χ0v) is 12.7. The van der Waals surface area contributed by atoms with Gasteiger partial charge < -0.3 is 14.9 Å². The van der Waals surface area contributed by atoms with Gasteiger partial charge in [-0.25, -0.2) is 9.86 Å². The van der Waals surface area contributed by atoms with E-state index in [1.54, 1.807) is 0 Å². The van der Waals surface area contributed by atoms with E-state index in [-0.39, 0.29) is 18.4 Å². The number of nitrogens with zero attached hydrogens (tertiary/aromatic N) is 1. The first-order valence-electron chi connectivity index (χ1n) is 7.59. The van der Waals surface area contributed by atoms with E-state index in [4.69, 9.17) is 14.9 Å². The van der Waals surface area contributed by atoms with E-state index < -0.39 is 6.03 Å². The van der Waals surface area contributed by atoms with Gasteiger partial charge in [-0.15, -0.1) is 0 Å². The molecule has 1 aromatic carbocycles. The first-order valence-corrected chi connectivity index (χ1v) is 7.59. The predicted octanol–water partition coefficient (Wildman–Crippen LogP) is 2.87. The highest BCUT2D eigenvalue weighted by molar-refractivity contribution is 5.70. The molecule has 1 heterocycles. The van der Waals surface area contributed by atoms with Gasteiger partial charge in [-0.05, 0) is 30.0 Å². The van der Waals surface area contributed by atoms with Crippen molar-refractivity contribution in [2.24, 2.45) is 11.7 Å². The largest absolute Gasteiger partial charge is 0.463 e. The number of hydroxylamine groups is 2. The Bertz CT molecular complexity index is 656. The van der Waals surface area contributed by atoms with Crippen LogP contribution in [0.25, 0.3) is 0 Å². The lowest BCUT2D eigenvalue weighted by atomic mass is 10.2. The number of ether oxygens (including phenoxy) is 1. The summed E-state index contributed by atoms with van der Waals surface area (Å²) in [4.78, 5) is 10.8. The van der Waals surface area contributed by atoms with Crippen molar-refractivity contribution in [3.8, 4) is 0 Å². The zero-order chi connectivity index (χ0) is 16.2. The van der Waals surface area contributed by atoms with E-state index in [1.165, 1.54) is 0 Å². The Balaban J connectivity index is 1.45. The molecule has 2 aromatic rings. The van der Waals surface area contributed by atoms with Crippen molar-refractivity contribution in [3.63, 3.8) is 0 Å². The molecule has 0 spiro atoms. The number of rotatable bonds is 7. The molecule has 2 amide bonds. The summed E-state index contributed by atoms with van der Waals surface area (Å²) in [5, 5.41) is 9.89. The summed E-state index contributed by atoms with van der Waals surface area (Å²) in [6.07, 6.45) is 0.877. The average Bonchev–Trinajstić information content (AvgIpc) is 3.15. The van der Waals surface area contributed by atoms with Crippen LogP contribution in [0, 0.1) is 5.92 Å². The number of carbonyl (C=O) groups excluding carboxylic acids is 1. The van der Waals surface area contributed by atoms with Crippen molar-refractivity contribution in [1.82, 2.24) is 5.06 Å². The van der Waals surface area contributed by atoms with Gasteiger partial charge in [0.15, 0.2) is 0 Å². The van der Waals surface area contributed by atoms with Crippen LogP contribution in [0.1, 0.15) is 29.4 Å². The highest BCUT2D eigenvalue weighted by Crippen LogP contribution is 2.48. The van der Waals surface area contributed by atoms with Gasteiger partial charge in [-0.3, -0.25) is 5.21 Å². The topological polar surface area (TPSA) is 88.9 Å². The van der Waals surface area contributed by atoms with Gasteiger partial charge in [0, 0.05) is 5.92 Å². The average molecular weight is 316 g/mol. The molecule has 0 aliphatic heterocycles. The Labute approximate surface area is 134 Å². The Morgan fingerprint density at radius 2 is 2.04 bits per heavy atom. The molecule has 2 atom stereocenters. The molecule has 0 radical (unpaired) electrons. The maximum atomic E-state index is 10.8. The van der Waals surface area contributed by atoms with Crippen molar-refractivity contribution in [3.05, 3.63) is 59.5 Å². The van der Waals surface area contributed by atoms with Crippen LogP contribution in [-0.4, -0.2) is 22.8 Å². The van der Waals surface area contributed by atoms with Gasteiger partial charge in [0.2, 0.25) is 0 Å². The first kappa shape index (κ1) is 15.6. The van der Waals surface area contributed by atoms with Gasteiger partial charge >= 0.3 is 6.03 Å². The number of amides is 2. The van der Waals surface area contributed by atoms with Crippen LogP contribution in [0.5, 0.6) is 0 Å². The highest BCUT2D eigenvalue weighted by atomic mass is 16.5. The number of carbonyl (C=O) groups is 1. The van der Waals surface area contributed by atoms with Crippen LogP contribution in [0.3, 0.4) is 0 Å². The molecular formula is C17H20N2O4. The normalized spacial score (nSPS) is 19.5. The Morgan fingerprint density at radius 1 is 1.26 bits per heavy atom. The molecule has 6 nitrogen and oxygen atoms in total. The maximum absolute atomic E-state index is 10.8. The van der Waals surface area contributed by atoms with Crippen molar-refractivity contribution in [1.29, 1.82) is 0 Å². The molecule has 0 unspecified atom stereocenters. The summed E-state index contributed by atoms with van der Waals surface area (Å²) in [6, 6.07) is 13.0. The molecule has 23 heavy (non-hydrogen) atoms. The van der Waals surface area contributed by atoms with Gasteiger partial charge in [-0.1, -0.05) is 30.3 Å². The van der Waals surface area contributed by atoms with Crippen molar-refractivity contribution in [2.45, 2.75) is 25.6 Å². The SMILES string of the molecule is NC(=O)N(O)C[C@@H]1C[C@H]1c1ccc(COCc2ccccc2)o1. The van der Waals surface area contributed by atoms with E-state index in [9.17, 15) is 10.0 Å². The number of urea groups is 1. The van der Waals surface area contributed by atoms with Crippen LogP contribution in [0.15, 0.2) is 46.9 Å². The Kier molecular flexibility index (Phi) is 4.64. The quantitative estimate of drug-likeness (QED) is 0.607. The number of primary amides is 1. The molecule has 1 saturated carbocycles. The number of nitrogens with two attached hydrogens (primary N) is 1. The van der Waals surface area contributed by atoms with Crippen molar-refractivity contribution >= 4 is 6.03 Å². The third kappa shape index (κ3) is 4.12. The maximum Gasteiger partial charge on any atom is 0.338 e. The minimum atomic E-state index is -0.829. The lowest BCUT2D eigenvalue weighted by Gasteiger charge is -2.10. The number of hydrogen-bond donors (Lipinski definition) is 2. The lowest BCUT2D eigenvalue weighted by Crippen LogP contribution is -2.34. The van der Waals surface area contributed by atoms with Gasteiger partial charge in [0.05, 0.1) is 13.2 Å². The van der Waals surface area contributed by atoms with E-state index in [0.29, 0.717) is 18.3 Å². The number of benzene rings is 1.